The molecular formula is C20H34O3Si. The summed E-state index contributed by atoms with van der Waals surface area (Å²) in [6.07, 6.45) is 2.04. The van der Waals surface area contributed by atoms with Crippen molar-refractivity contribution in [1.82, 2.24) is 0 Å². The van der Waals surface area contributed by atoms with E-state index in [1.165, 1.54) is 0 Å². The van der Waals surface area contributed by atoms with Gasteiger partial charge in [0.2, 0.25) is 0 Å². The molecule has 0 aliphatic carbocycles. The molecule has 0 unspecified atom stereocenters. The molecular weight excluding hydrogens is 316 g/mol. The van der Waals surface area contributed by atoms with Crippen LogP contribution in [0.1, 0.15) is 67.9 Å². The number of hydrogen-bond donors (Lipinski definition) is 0. The van der Waals surface area contributed by atoms with Gasteiger partial charge in [-0.3, -0.25) is 0 Å². The zero-order valence-corrected chi connectivity index (χ0v) is 17.8. The largest absolute Gasteiger partial charge is 0.530 e. The molecule has 1 aromatic carbocycles. The first-order valence-corrected chi connectivity index (χ1v) is 10.3. The van der Waals surface area contributed by atoms with Gasteiger partial charge in [0.15, 0.2) is 0 Å². The highest BCUT2D eigenvalue weighted by Crippen LogP contribution is 2.30. The lowest BCUT2D eigenvalue weighted by Crippen LogP contribution is -2.56. The van der Waals surface area contributed by atoms with Gasteiger partial charge in [-0.25, -0.2) is 0 Å². The molecule has 1 rings (SSSR count). The first-order chi connectivity index (χ1) is 10.7. The molecule has 0 heterocycles. The van der Waals surface area contributed by atoms with E-state index in [9.17, 15) is 0 Å². The second kappa shape index (κ2) is 7.52. The summed E-state index contributed by atoms with van der Waals surface area (Å²) in [6, 6.07) is 10.2. The molecule has 0 aliphatic rings. The highest BCUT2D eigenvalue weighted by atomic mass is 28.4. The molecule has 0 spiro atoms. The van der Waals surface area contributed by atoms with E-state index in [1.807, 2.05) is 92.3 Å². The zero-order chi connectivity index (χ0) is 18.6. The zero-order valence-electron chi connectivity index (χ0n) is 16.8. The Hall–Kier alpha value is -0.943. The Labute approximate surface area is 149 Å². The minimum atomic E-state index is -3.07. The molecule has 0 aliphatic heterocycles. The fourth-order valence-corrected chi connectivity index (χ4v) is 5.49. The lowest BCUT2D eigenvalue weighted by molar-refractivity contribution is -0.0665. The molecule has 0 N–H and O–H groups in total. The average Bonchev–Trinajstić information content (AvgIpc) is 2.31. The van der Waals surface area contributed by atoms with Crippen molar-refractivity contribution < 1.29 is 13.3 Å². The molecule has 136 valence electrons. The van der Waals surface area contributed by atoms with Gasteiger partial charge in [-0.2, -0.15) is 0 Å². The van der Waals surface area contributed by atoms with E-state index in [0.29, 0.717) is 0 Å². The maximum atomic E-state index is 6.41. The van der Waals surface area contributed by atoms with Gasteiger partial charge in [-0.05, 0) is 73.6 Å². The molecule has 0 saturated heterocycles. The van der Waals surface area contributed by atoms with Crippen LogP contribution in [0.5, 0.6) is 0 Å². The van der Waals surface area contributed by atoms with Crippen molar-refractivity contribution in [2.24, 2.45) is 0 Å². The van der Waals surface area contributed by atoms with Crippen molar-refractivity contribution in [2.75, 3.05) is 0 Å². The molecule has 0 fully saturated rings. The van der Waals surface area contributed by atoms with E-state index < -0.39 is 8.80 Å². The summed E-state index contributed by atoms with van der Waals surface area (Å²) in [5, 5.41) is 0. The maximum absolute atomic E-state index is 6.41. The molecule has 0 radical (unpaired) electrons. The number of rotatable bonds is 5. The van der Waals surface area contributed by atoms with Gasteiger partial charge in [-0.1, -0.05) is 36.4 Å². The molecule has 4 heteroatoms. The van der Waals surface area contributed by atoms with Crippen molar-refractivity contribution in [1.29, 1.82) is 0 Å². The Bertz CT molecular complexity index is 490. The fourth-order valence-electron chi connectivity index (χ4n) is 2.21. The Morgan fingerprint density at radius 3 is 1.38 bits per heavy atom. The monoisotopic (exact) mass is 350 g/mol. The van der Waals surface area contributed by atoms with Crippen LogP contribution in [0.3, 0.4) is 0 Å². The minimum Gasteiger partial charge on any atom is -0.365 e. The molecule has 1 aromatic rings. The topological polar surface area (TPSA) is 27.7 Å². The third-order valence-electron chi connectivity index (χ3n) is 2.62. The smallest absolute Gasteiger partial charge is 0.365 e. The second-order valence-corrected chi connectivity index (χ2v) is 11.1. The normalized spacial score (nSPS) is 14.4. The van der Waals surface area contributed by atoms with Crippen molar-refractivity contribution >= 4 is 14.9 Å². The summed E-state index contributed by atoms with van der Waals surface area (Å²) in [6.45, 7) is 18.3. The van der Waals surface area contributed by atoms with Gasteiger partial charge in [0, 0.05) is 0 Å². The van der Waals surface area contributed by atoms with Crippen LogP contribution in [0.15, 0.2) is 36.0 Å². The number of hydrogen-bond acceptors (Lipinski definition) is 3. The van der Waals surface area contributed by atoms with Crippen LogP contribution in [0, 0.1) is 0 Å². The van der Waals surface area contributed by atoms with Crippen LogP contribution in [-0.2, 0) is 13.3 Å². The lowest BCUT2D eigenvalue weighted by Gasteiger charge is -2.41. The summed E-state index contributed by atoms with van der Waals surface area (Å²) in [5.74, 6) is 0. The van der Waals surface area contributed by atoms with Crippen LogP contribution >= 0.6 is 0 Å². The quantitative estimate of drug-likeness (QED) is 0.645. The molecule has 0 atom stereocenters. The van der Waals surface area contributed by atoms with Gasteiger partial charge >= 0.3 is 8.80 Å². The van der Waals surface area contributed by atoms with Crippen LogP contribution in [0.2, 0.25) is 0 Å². The third-order valence-corrected chi connectivity index (χ3v) is 5.89. The first-order valence-electron chi connectivity index (χ1n) is 8.55. The summed E-state index contributed by atoms with van der Waals surface area (Å²) in [5.41, 5.74) is 1.99. The first kappa shape index (κ1) is 21.1. The van der Waals surface area contributed by atoms with Crippen molar-refractivity contribution in [3.63, 3.8) is 0 Å². The van der Waals surface area contributed by atoms with E-state index in [-0.39, 0.29) is 16.8 Å². The molecule has 24 heavy (non-hydrogen) atoms. The molecule has 0 aromatic heterocycles. The molecule has 0 bridgehead atoms. The summed E-state index contributed by atoms with van der Waals surface area (Å²) < 4.78 is 19.2. The Morgan fingerprint density at radius 2 is 1.04 bits per heavy atom. The van der Waals surface area contributed by atoms with Gasteiger partial charge in [-0.15, -0.1) is 0 Å². The van der Waals surface area contributed by atoms with E-state index in [0.717, 1.165) is 5.56 Å². The maximum Gasteiger partial charge on any atom is 0.530 e. The molecule has 0 saturated carbocycles. The summed E-state index contributed by atoms with van der Waals surface area (Å²) in [7, 11) is -3.07. The van der Waals surface area contributed by atoms with Crippen molar-refractivity contribution in [3.05, 3.63) is 41.6 Å². The van der Waals surface area contributed by atoms with Crippen LogP contribution in [0.4, 0.5) is 0 Å². The van der Waals surface area contributed by atoms with Crippen molar-refractivity contribution in [2.45, 2.75) is 79.1 Å². The molecule has 0 amide bonds. The van der Waals surface area contributed by atoms with E-state index in [2.05, 4.69) is 12.1 Å². The highest BCUT2D eigenvalue weighted by molar-refractivity contribution is 6.67. The van der Waals surface area contributed by atoms with Crippen LogP contribution < -0.4 is 0 Å². The fraction of sp³-hybridized carbons (Fsp3) is 0.600. The Balaban J connectivity index is 3.29. The van der Waals surface area contributed by atoms with Gasteiger partial charge < -0.3 is 13.3 Å². The Morgan fingerprint density at radius 1 is 0.667 bits per heavy atom. The van der Waals surface area contributed by atoms with E-state index in [1.54, 1.807) is 0 Å². The predicted octanol–water partition coefficient (Wildman–Crippen LogP) is 5.62. The lowest BCUT2D eigenvalue weighted by atomic mass is 10.2. The molecule has 3 nitrogen and oxygen atoms in total. The van der Waals surface area contributed by atoms with Crippen LogP contribution in [-0.4, -0.2) is 25.6 Å². The summed E-state index contributed by atoms with van der Waals surface area (Å²) in [4.78, 5) is 0. The Kier molecular flexibility index (Phi) is 6.61. The SMILES string of the molecule is CC(C)(C)O[Si](/C=C/c1ccccc1)(OC(C)(C)C)OC(C)(C)C. The van der Waals surface area contributed by atoms with Crippen LogP contribution in [0.25, 0.3) is 6.08 Å². The van der Waals surface area contributed by atoms with Gasteiger partial charge in [0.05, 0.1) is 16.8 Å². The van der Waals surface area contributed by atoms with E-state index in [4.69, 9.17) is 13.3 Å². The van der Waals surface area contributed by atoms with Crippen molar-refractivity contribution in [3.8, 4) is 0 Å². The van der Waals surface area contributed by atoms with Gasteiger partial charge in [0.25, 0.3) is 0 Å². The minimum absolute atomic E-state index is 0.371. The van der Waals surface area contributed by atoms with Gasteiger partial charge in [0.1, 0.15) is 0 Å². The average molecular weight is 351 g/mol. The predicted molar refractivity (Wildman–Crippen MR) is 104 cm³/mol. The highest BCUT2D eigenvalue weighted by Gasteiger charge is 2.48. The summed E-state index contributed by atoms with van der Waals surface area (Å²) >= 11 is 0. The number of benzene rings is 1. The standard InChI is InChI=1S/C20H34O3Si/c1-18(2,3)21-24(22-19(4,5)6,23-20(7,8)9)16-15-17-13-11-10-12-14-17/h10-16H,1-9H3/b16-15+. The third kappa shape index (κ3) is 8.78. The second-order valence-electron chi connectivity index (χ2n) is 8.99. The van der Waals surface area contributed by atoms with E-state index >= 15 is 0 Å².